The van der Waals surface area contributed by atoms with Crippen molar-refractivity contribution in [1.82, 2.24) is 0 Å². The predicted octanol–water partition coefficient (Wildman–Crippen LogP) is 2.50. The van der Waals surface area contributed by atoms with Gasteiger partial charge in [-0.1, -0.05) is 0 Å². The van der Waals surface area contributed by atoms with E-state index in [4.69, 9.17) is 11.5 Å². The smallest absolute Gasteiger partial charge is 0.0361 e. The van der Waals surface area contributed by atoms with Gasteiger partial charge in [0.25, 0.3) is 0 Å². The Bertz CT molecular complexity index is 431. The van der Waals surface area contributed by atoms with Crippen LogP contribution in [0.2, 0.25) is 0 Å². The van der Waals surface area contributed by atoms with Crippen LogP contribution in [-0.2, 0) is 0 Å². The lowest BCUT2D eigenvalue weighted by molar-refractivity contribution is 0.839. The summed E-state index contributed by atoms with van der Waals surface area (Å²) in [5, 5.41) is 1.19. The molecule has 0 aliphatic carbocycles. The first-order valence-corrected chi connectivity index (χ1v) is 5.03. The highest BCUT2D eigenvalue weighted by atomic mass is 32.1. The first-order chi connectivity index (χ1) is 6.16. The van der Waals surface area contributed by atoms with Crippen molar-refractivity contribution in [2.24, 2.45) is 5.73 Å². The standard InChI is InChI=1S/C10H12N2S/c1-6(11)10-5-7-4-8(12)2-3-9(7)13-10/h2-6H,11-12H2,1H3. The molecule has 0 fully saturated rings. The van der Waals surface area contributed by atoms with Gasteiger partial charge in [0.2, 0.25) is 0 Å². The molecule has 1 unspecified atom stereocenters. The summed E-state index contributed by atoms with van der Waals surface area (Å²) < 4.78 is 1.25. The van der Waals surface area contributed by atoms with E-state index in [1.54, 1.807) is 11.3 Å². The number of nitrogen functional groups attached to an aromatic ring is 1. The molecule has 0 radical (unpaired) electrons. The molecule has 0 saturated carbocycles. The summed E-state index contributed by atoms with van der Waals surface area (Å²) in [5.74, 6) is 0. The Morgan fingerprint density at radius 3 is 2.77 bits per heavy atom. The Morgan fingerprint density at radius 2 is 2.08 bits per heavy atom. The molecular weight excluding hydrogens is 180 g/mol. The SMILES string of the molecule is CC(N)c1cc2cc(N)ccc2s1. The van der Waals surface area contributed by atoms with Crippen molar-refractivity contribution in [3.05, 3.63) is 29.1 Å². The van der Waals surface area contributed by atoms with Crippen LogP contribution >= 0.6 is 11.3 Å². The predicted molar refractivity (Wildman–Crippen MR) is 58.8 cm³/mol. The molecule has 4 N–H and O–H groups in total. The molecule has 1 heterocycles. The van der Waals surface area contributed by atoms with Gasteiger partial charge in [0.05, 0.1) is 0 Å². The quantitative estimate of drug-likeness (QED) is 0.682. The molecule has 0 amide bonds. The second-order valence-corrected chi connectivity index (χ2v) is 4.35. The topological polar surface area (TPSA) is 52.0 Å². The normalized spacial score (nSPS) is 13.4. The third-order valence-corrected chi connectivity index (χ3v) is 3.33. The Kier molecular flexibility index (Phi) is 1.98. The van der Waals surface area contributed by atoms with E-state index in [1.807, 2.05) is 25.1 Å². The van der Waals surface area contributed by atoms with Gasteiger partial charge in [0, 0.05) is 21.3 Å². The van der Waals surface area contributed by atoms with Crippen LogP contribution in [0.25, 0.3) is 10.1 Å². The number of rotatable bonds is 1. The molecule has 0 bridgehead atoms. The van der Waals surface area contributed by atoms with E-state index in [2.05, 4.69) is 6.07 Å². The summed E-state index contributed by atoms with van der Waals surface area (Å²) in [7, 11) is 0. The number of fused-ring (bicyclic) bond motifs is 1. The Hall–Kier alpha value is -1.06. The lowest BCUT2D eigenvalue weighted by Gasteiger charge is -1.96. The number of nitrogens with two attached hydrogens (primary N) is 2. The van der Waals surface area contributed by atoms with E-state index < -0.39 is 0 Å². The molecule has 68 valence electrons. The van der Waals surface area contributed by atoms with Gasteiger partial charge in [-0.2, -0.15) is 0 Å². The third-order valence-electron chi connectivity index (χ3n) is 2.01. The van der Waals surface area contributed by atoms with Crippen LogP contribution < -0.4 is 11.5 Å². The summed E-state index contributed by atoms with van der Waals surface area (Å²) in [6.45, 7) is 1.99. The van der Waals surface area contributed by atoms with E-state index >= 15 is 0 Å². The molecule has 2 aromatic rings. The number of anilines is 1. The summed E-state index contributed by atoms with van der Waals surface area (Å²) in [6, 6.07) is 8.17. The summed E-state index contributed by atoms with van der Waals surface area (Å²) >= 11 is 1.73. The second-order valence-electron chi connectivity index (χ2n) is 3.23. The van der Waals surface area contributed by atoms with Gasteiger partial charge in [-0.15, -0.1) is 11.3 Å². The van der Waals surface area contributed by atoms with Gasteiger partial charge in [0.1, 0.15) is 0 Å². The molecule has 0 aliphatic heterocycles. The highest BCUT2D eigenvalue weighted by Gasteiger charge is 2.04. The largest absolute Gasteiger partial charge is 0.399 e. The monoisotopic (exact) mass is 192 g/mol. The van der Waals surface area contributed by atoms with Crippen molar-refractivity contribution in [1.29, 1.82) is 0 Å². The molecule has 1 aromatic carbocycles. The molecule has 1 atom stereocenters. The van der Waals surface area contributed by atoms with Crippen LogP contribution in [-0.4, -0.2) is 0 Å². The number of hydrogen-bond acceptors (Lipinski definition) is 3. The summed E-state index contributed by atoms with van der Waals surface area (Å²) in [4.78, 5) is 1.21. The highest BCUT2D eigenvalue weighted by Crippen LogP contribution is 2.29. The average Bonchev–Trinajstić information content (AvgIpc) is 2.46. The number of benzene rings is 1. The van der Waals surface area contributed by atoms with Gasteiger partial charge in [-0.05, 0) is 36.6 Å². The molecule has 13 heavy (non-hydrogen) atoms. The molecule has 0 aliphatic rings. The molecule has 0 saturated heterocycles. The lowest BCUT2D eigenvalue weighted by atomic mass is 10.2. The minimum Gasteiger partial charge on any atom is -0.399 e. The van der Waals surface area contributed by atoms with Crippen LogP contribution in [0.1, 0.15) is 17.8 Å². The minimum absolute atomic E-state index is 0.110. The minimum atomic E-state index is 0.110. The maximum absolute atomic E-state index is 5.79. The van der Waals surface area contributed by atoms with Crippen LogP contribution in [0, 0.1) is 0 Å². The maximum Gasteiger partial charge on any atom is 0.0361 e. The van der Waals surface area contributed by atoms with Crippen molar-refractivity contribution < 1.29 is 0 Å². The van der Waals surface area contributed by atoms with Crippen molar-refractivity contribution in [3.63, 3.8) is 0 Å². The molecule has 1 aromatic heterocycles. The van der Waals surface area contributed by atoms with Gasteiger partial charge < -0.3 is 11.5 Å². The van der Waals surface area contributed by atoms with Gasteiger partial charge >= 0.3 is 0 Å². The van der Waals surface area contributed by atoms with Crippen LogP contribution in [0.5, 0.6) is 0 Å². The Balaban J connectivity index is 2.62. The number of thiophene rings is 1. The van der Waals surface area contributed by atoms with Gasteiger partial charge in [-0.25, -0.2) is 0 Å². The van der Waals surface area contributed by atoms with Crippen molar-refractivity contribution in [3.8, 4) is 0 Å². The maximum atomic E-state index is 5.79. The van der Waals surface area contributed by atoms with Crippen molar-refractivity contribution in [2.75, 3.05) is 5.73 Å². The van der Waals surface area contributed by atoms with E-state index in [0.717, 1.165) is 5.69 Å². The summed E-state index contributed by atoms with van der Waals surface area (Å²) in [6.07, 6.45) is 0. The zero-order valence-electron chi connectivity index (χ0n) is 7.45. The average molecular weight is 192 g/mol. The fourth-order valence-electron chi connectivity index (χ4n) is 1.31. The van der Waals surface area contributed by atoms with E-state index in [1.165, 1.54) is 15.0 Å². The van der Waals surface area contributed by atoms with Crippen LogP contribution in [0.3, 0.4) is 0 Å². The molecule has 3 heteroatoms. The molecule has 0 spiro atoms. The van der Waals surface area contributed by atoms with Gasteiger partial charge in [0.15, 0.2) is 0 Å². The highest BCUT2D eigenvalue weighted by molar-refractivity contribution is 7.19. The lowest BCUT2D eigenvalue weighted by Crippen LogP contribution is -2.01. The van der Waals surface area contributed by atoms with E-state index in [0.29, 0.717) is 0 Å². The van der Waals surface area contributed by atoms with Crippen molar-refractivity contribution in [2.45, 2.75) is 13.0 Å². The zero-order valence-corrected chi connectivity index (χ0v) is 8.27. The van der Waals surface area contributed by atoms with E-state index in [9.17, 15) is 0 Å². The molecular formula is C10H12N2S. The number of hydrogen-bond donors (Lipinski definition) is 2. The molecule has 2 nitrogen and oxygen atoms in total. The Labute approximate surface area is 81.2 Å². The molecule has 2 rings (SSSR count). The van der Waals surface area contributed by atoms with Gasteiger partial charge in [-0.3, -0.25) is 0 Å². The first-order valence-electron chi connectivity index (χ1n) is 4.21. The fourth-order valence-corrected chi connectivity index (χ4v) is 2.30. The second kappa shape index (κ2) is 3.01. The van der Waals surface area contributed by atoms with Crippen molar-refractivity contribution >= 4 is 27.1 Å². The van der Waals surface area contributed by atoms with Crippen LogP contribution in [0.15, 0.2) is 24.3 Å². The third kappa shape index (κ3) is 1.53. The fraction of sp³-hybridized carbons (Fsp3) is 0.200. The summed E-state index contributed by atoms with van der Waals surface area (Å²) in [5.41, 5.74) is 12.3. The van der Waals surface area contributed by atoms with Crippen LogP contribution in [0.4, 0.5) is 5.69 Å². The van der Waals surface area contributed by atoms with E-state index in [-0.39, 0.29) is 6.04 Å². The zero-order chi connectivity index (χ0) is 9.42. The first kappa shape index (κ1) is 8.53. The Morgan fingerprint density at radius 1 is 1.31 bits per heavy atom.